The van der Waals surface area contributed by atoms with E-state index in [1.54, 1.807) is 24.3 Å². The molecule has 0 unspecified atom stereocenters. The summed E-state index contributed by atoms with van der Waals surface area (Å²) in [6.45, 7) is 0. The third-order valence-corrected chi connectivity index (χ3v) is 2.66. The van der Waals surface area contributed by atoms with E-state index in [0.29, 0.717) is 16.1 Å². The number of hydrogen-bond acceptors (Lipinski definition) is 2. The molecule has 0 amide bonds. The SMILES string of the molecule is Fc1c(Cl)cccc1Nc1cccc(Br)n1. The second kappa shape index (κ2) is 4.80. The van der Waals surface area contributed by atoms with E-state index < -0.39 is 5.82 Å². The zero-order valence-electron chi connectivity index (χ0n) is 8.05. The molecular weight excluding hydrogens is 294 g/mol. The Hall–Kier alpha value is -1.13. The number of nitrogens with one attached hydrogen (secondary N) is 1. The molecule has 0 aliphatic rings. The van der Waals surface area contributed by atoms with Gasteiger partial charge in [-0.3, -0.25) is 0 Å². The maximum Gasteiger partial charge on any atom is 0.165 e. The molecule has 16 heavy (non-hydrogen) atoms. The number of benzene rings is 1. The predicted molar refractivity (Wildman–Crippen MR) is 66.6 cm³/mol. The van der Waals surface area contributed by atoms with E-state index in [1.807, 2.05) is 6.07 Å². The molecule has 2 nitrogen and oxygen atoms in total. The van der Waals surface area contributed by atoms with Crippen molar-refractivity contribution in [3.05, 3.63) is 51.8 Å². The number of halogens is 3. The highest BCUT2D eigenvalue weighted by Gasteiger charge is 2.06. The molecule has 0 radical (unpaired) electrons. The van der Waals surface area contributed by atoms with Gasteiger partial charge in [0.15, 0.2) is 5.82 Å². The van der Waals surface area contributed by atoms with Crippen LogP contribution in [0.15, 0.2) is 41.0 Å². The van der Waals surface area contributed by atoms with Gasteiger partial charge in [-0.15, -0.1) is 0 Å². The fourth-order valence-electron chi connectivity index (χ4n) is 1.22. The molecule has 2 aromatic rings. The van der Waals surface area contributed by atoms with Crippen LogP contribution in [0.2, 0.25) is 5.02 Å². The molecule has 0 spiro atoms. The van der Waals surface area contributed by atoms with Gasteiger partial charge in [0.2, 0.25) is 0 Å². The van der Waals surface area contributed by atoms with E-state index in [2.05, 4.69) is 26.2 Å². The maximum absolute atomic E-state index is 13.6. The molecule has 0 saturated carbocycles. The normalized spacial score (nSPS) is 10.2. The van der Waals surface area contributed by atoms with Crippen molar-refractivity contribution in [3.63, 3.8) is 0 Å². The molecule has 1 aromatic heterocycles. The third-order valence-electron chi connectivity index (χ3n) is 1.93. The van der Waals surface area contributed by atoms with Crippen LogP contribution in [0.25, 0.3) is 0 Å². The van der Waals surface area contributed by atoms with E-state index in [4.69, 9.17) is 11.6 Å². The molecule has 0 aliphatic carbocycles. The molecule has 0 atom stereocenters. The Balaban J connectivity index is 2.31. The van der Waals surface area contributed by atoms with Crippen molar-refractivity contribution < 1.29 is 4.39 Å². The van der Waals surface area contributed by atoms with Crippen LogP contribution >= 0.6 is 27.5 Å². The maximum atomic E-state index is 13.6. The first-order valence-electron chi connectivity index (χ1n) is 4.50. The van der Waals surface area contributed by atoms with E-state index in [9.17, 15) is 4.39 Å². The lowest BCUT2D eigenvalue weighted by Gasteiger charge is -2.07. The molecule has 0 saturated heterocycles. The summed E-state index contributed by atoms with van der Waals surface area (Å²) in [5, 5.41) is 2.94. The first-order chi connectivity index (χ1) is 7.66. The van der Waals surface area contributed by atoms with Gasteiger partial charge in [-0.1, -0.05) is 23.7 Å². The van der Waals surface area contributed by atoms with Crippen LogP contribution in [-0.2, 0) is 0 Å². The van der Waals surface area contributed by atoms with Crippen molar-refractivity contribution in [1.29, 1.82) is 0 Å². The van der Waals surface area contributed by atoms with Crippen LogP contribution in [-0.4, -0.2) is 4.98 Å². The summed E-state index contributed by atoms with van der Waals surface area (Å²) >= 11 is 8.90. The largest absolute Gasteiger partial charge is 0.338 e. The van der Waals surface area contributed by atoms with Crippen LogP contribution in [0.3, 0.4) is 0 Å². The average Bonchev–Trinajstić information content (AvgIpc) is 2.25. The summed E-state index contributed by atoms with van der Waals surface area (Å²) in [7, 11) is 0. The molecule has 1 heterocycles. The fraction of sp³-hybridized carbons (Fsp3) is 0. The standard InChI is InChI=1S/C11H7BrClFN2/c12-9-5-2-6-10(16-9)15-8-4-1-3-7(13)11(8)14/h1-6H,(H,15,16). The fourth-order valence-corrected chi connectivity index (χ4v) is 1.73. The van der Waals surface area contributed by atoms with Gasteiger partial charge in [0.25, 0.3) is 0 Å². The quantitative estimate of drug-likeness (QED) is 0.833. The topological polar surface area (TPSA) is 24.9 Å². The molecular formula is C11H7BrClFN2. The lowest BCUT2D eigenvalue weighted by atomic mass is 10.3. The number of nitrogens with zero attached hydrogens (tertiary/aromatic N) is 1. The number of pyridine rings is 1. The van der Waals surface area contributed by atoms with Crippen molar-refractivity contribution in [3.8, 4) is 0 Å². The Labute approximate surface area is 106 Å². The van der Waals surface area contributed by atoms with Crippen molar-refractivity contribution in [1.82, 2.24) is 4.98 Å². The molecule has 5 heteroatoms. The Bertz CT molecular complexity index is 519. The summed E-state index contributed by atoms with van der Waals surface area (Å²) in [6, 6.07) is 10.1. The highest BCUT2D eigenvalue weighted by molar-refractivity contribution is 9.10. The van der Waals surface area contributed by atoms with Crippen LogP contribution < -0.4 is 5.32 Å². The first-order valence-corrected chi connectivity index (χ1v) is 5.67. The van der Waals surface area contributed by atoms with Gasteiger partial charge in [0, 0.05) is 0 Å². The highest BCUT2D eigenvalue weighted by atomic mass is 79.9. The number of hydrogen-bond donors (Lipinski definition) is 1. The van der Waals surface area contributed by atoms with Crippen molar-refractivity contribution in [2.24, 2.45) is 0 Å². The Morgan fingerprint density at radius 1 is 1.19 bits per heavy atom. The zero-order chi connectivity index (χ0) is 11.5. The smallest absolute Gasteiger partial charge is 0.165 e. The highest BCUT2D eigenvalue weighted by Crippen LogP contribution is 2.24. The lowest BCUT2D eigenvalue weighted by molar-refractivity contribution is 0.632. The third kappa shape index (κ3) is 2.51. The van der Waals surface area contributed by atoms with Crippen LogP contribution in [0.1, 0.15) is 0 Å². The zero-order valence-corrected chi connectivity index (χ0v) is 10.4. The van der Waals surface area contributed by atoms with Gasteiger partial charge < -0.3 is 5.32 Å². The van der Waals surface area contributed by atoms with Gasteiger partial charge >= 0.3 is 0 Å². The Kier molecular flexibility index (Phi) is 3.41. The summed E-state index contributed by atoms with van der Waals surface area (Å²) in [6.07, 6.45) is 0. The molecule has 0 fully saturated rings. The van der Waals surface area contributed by atoms with Crippen LogP contribution in [0, 0.1) is 5.82 Å². The molecule has 82 valence electrons. The summed E-state index contributed by atoms with van der Waals surface area (Å²) in [5.41, 5.74) is 0.304. The van der Waals surface area contributed by atoms with Gasteiger partial charge in [0.05, 0.1) is 10.7 Å². The average molecular weight is 302 g/mol. The van der Waals surface area contributed by atoms with E-state index in [0.717, 1.165) is 0 Å². The second-order valence-corrected chi connectivity index (χ2v) is 4.29. The first kappa shape index (κ1) is 11.4. The van der Waals surface area contributed by atoms with Crippen molar-refractivity contribution >= 4 is 39.0 Å². The number of anilines is 2. The van der Waals surface area contributed by atoms with E-state index >= 15 is 0 Å². The molecule has 2 rings (SSSR count). The molecule has 0 aliphatic heterocycles. The summed E-state index contributed by atoms with van der Waals surface area (Å²) < 4.78 is 14.2. The minimum Gasteiger partial charge on any atom is -0.338 e. The van der Waals surface area contributed by atoms with Crippen molar-refractivity contribution in [2.75, 3.05) is 5.32 Å². The lowest BCUT2D eigenvalue weighted by Crippen LogP contribution is -1.96. The summed E-state index contributed by atoms with van der Waals surface area (Å²) in [5.74, 6) is 0.0708. The summed E-state index contributed by atoms with van der Waals surface area (Å²) in [4.78, 5) is 4.14. The minimum atomic E-state index is -0.481. The van der Waals surface area contributed by atoms with Crippen molar-refractivity contribution in [2.45, 2.75) is 0 Å². The van der Waals surface area contributed by atoms with Gasteiger partial charge in [-0.25, -0.2) is 9.37 Å². The second-order valence-electron chi connectivity index (χ2n) is 3.07. The number of aromatic nitrogens is 1. The van der Waals surface area contributed by atoms with Crippen LogP contribution in [0.5, 0.6) is 0 Å². The molecule has 0 bridgehead atoms. The monoisotopic (exact) mass is 300 g/mol. The number of rotatable bonds is 2. The van der Waals surface area contributed by atoms with Gasteiger partial charge in [-0.05, 0) is 40.2 Å². The van der Waals surface area contributed by atoms with E-state index in [1.165, 1.54) is 6.07 Å². The van der Waals surface area contributed by atoms with Gasteiger partial charge in [0.1, 0.15) is 10.4 Å². The predicted octanol–water partition coefficient (Wildman–Crippen LogP) is 4.38. The molecule has 1 aromatic carbocycles. The Morgan fingerprint density at radius 3 is 2.69 bits per heavy atom. The molecule has 1 N–H and O–H groups in total. The van der Waals surface area contributed by atoms with Gasteiger partial charge in [-0.2, -0.15) is 0 Å². The minimum absolute atomic E-state index is 0.0833. The Morgan fingerprint density at radius 2 is 1.94 bits per heavy atom. The van der Waals surface area contributed by atoms with E-state index in [-0.39, 0.29) is 5.02 Å². The van der Waals surface area contributed by atoms with Crippen LogP contribution in [0.4, 0.5) is 15.9 Å².